The van der Waals surface area contributed by atoms with Crippen molar-refractivity contribution in [2.24, 2.45) is 0 Å². The van der Waals surface area contributed by atoms with Crippen LogP contribution >= 0.6 is 11.3 Å². The maximum absolute atomic E-state index is 4.34. The predicted octanol–water partition coefficient (Wildman–Crippen LogP) is 3.68. The van der Waals surface area contributed by atoms with Crippen LogP contribution in [0.2, 0.25) is 0 Å². The van der Waals surface area contributed by atoms with E-state index in [0.717, 1.165) is 22.5 Å². The highest BCUT2D eigenvalue weighted by Gasteiger charge is 2.09. The normalized spacial score (nSPS) is 12.9. The van der Waals surface area contributed by atoms with Crippen molar-refractivity contribution in [3.05, 3.63) is 17.8 Å². The minimum atomic E-state index is 0.519. The van der Waals surface area contributed by atoms with Crippen LogP contribution in [0.25, 0.3) is 10.2 Å². The summed E-state index contributed by atoms with van der Waals surface area (Å²) in [6, 6.07) is 2.55. The molecule has 16 heavy (non-hydrogen) atoms. The van der Waals surface area contributed by atoms with Gasteiger partial charge < -0.3 is 5.32 Å². The summed E-state index contributed by atoms with van der Waals surface area (Å²) in [6.45, 7) is 4.42. The van der Waals surface area contributed by atoms with E-state index in [1.54, 1.807) is 17.7 Å². The van der Waals surface area contributed by atoms with E-state index < -0.39 is 0 Å². The Morgan fingerprint density at radius 3 is 3.00 bits per heavy atom. The lowest BCUT2D eigenvalue weighted by Crippen LogP contribution is -2.18. The Morgan fingerprint density at radius 1 is 1.38 bits per heavy atom. The van der Waals surface area contributed by atoms with Gasteiger partial charge in [0.05, 0.1) is 10.2 Å². The van der Waals surface area contributed by atoms with Crippen LogP contribution in [0.3, 0.4) is 0 Å². The Balaban J connectivity index is 2.22. The second-order valence-corrected chi connectivity index (χ2v) is 4.81. The summed E-state index contributed by atoms with van der Waals surface area (Å²) < 4.78 is 1.16. The van der Waals surface area contributed by atoms with Gasteiger partial charge in [-0.25, -0.2) is 9.97 Å². The molecule has 0 amide bonds. The average Bonchev–Trinajstić information content (AvgIpc) is 2.77. The lowest BCUT2D eigenvalue weighted by molar-refractivity contribution is 0.621. The van der Waals surface area contributed by atoms with Crippen LogP contribution in [0.5, 0.6) is 0 Å². The fraction of sp³-hybridized carbons (Fsp3) is 0.500. The zero-order valence-corrected chi connectivity index (χ0v) is 10.5. The molecule has 0 saturated carbocycles. The SMILES string of the molecule is CCCC(CC)Nc1ncnc2ccsc12. The molecule has 0 aliphatic rings. The monoisotopic (exact) mass is 235 g/mol. The van der Waals surface area contributed by atoms with Gasteiger partial charge in [-0.1, -0.05) is 20.3 Å². The third kappa shape index (κ3) is 2.32. The molecule has 0 fully saturated rings. The first-order chi connectivity index (χ1) is 7.85. The van der Waals surface area contributed by atoms with E-state index in [-0.39, 0.29) is 0 Å². The van der Waals surface area contributed by atoms with Crippen molar-refractivity contribution in [1.29, 1.82) is 0 Å². The highest BCUT2D eigenvalue weighted by atomic mass is 32.1. The largest absolute Gasteiger partial charge is 0.366 e. The van der Waals surface area contributed by atoms with Crippen LogP contribution in [-0.2, 0) is 0 Å². The molecule has 86 valence electrons. The van der Waals surface area contributed by atoms with Crippen LogP contribution < -0.4 is 5.32 Å². The molecule has 1 N–H and O–H groups in total. The van der Waals surface area contributed by atoms with E-state index in [0.29, 0.717) is 6.04 Å². The molecular formula is C12H17N3S. The molecule has 0 aliphatic carbocycles. The van der Waals surface area contributed by atoms with Crippen molar-refractivity contribution in [3.63, 3.8) is 0 Å². The molecule has 4 heteroatoms. The van der Waals surface area contributed by atoms with Gasteiger partial charge in [0.15, 0.2) is 0 Å². The Hall–Kier alpha value is -1.16. The summed E-state index contributed by atoms with van der Waals surface area (Å²) in [5, 5.41) is 5.58. The molecule has 0 aromatic carbocycles. The lowest BCUT2D eigenvalue weighted by atomic mass is 10.1. The molecule has 0 bridgehead atoms. The minimum absolute atomic E-state index is 0.519. The van der Waals surface area contributed by atoms with Crippen molar-refractivity contribution in [2.45, 2.75) is 39.2 Å². The van der Waals surface area contributed by atoms with E-state index in [1.165, 1.54) is 12.8 Å². The van der Waals surface area contributed by atoms with Gasteiger partial charge >= 0.3 is 0 Å². The van der Waals surface area contributed by atoms with Crippen LogP contribution in [0.1, 0.15) is 33.1 Å². The second kappa shape index (κ2) is 5.25. The Kier molecular flexibility index (Phi) is 3.72. The summed E-state index contributed by atoms with van der Waals surface area (Å²) in [6.07, 6.45) is 5.15. The number of hydrogen-bond acceptors (Lipinski definition) is 4. The highest BCUT2D eigenvalue weighted by Crippen LogP contribution is 2.25. The van der Waals surface area contributed by atoms with Crippen molar-refractivity contribution < 1.29 is 0 Å². The number of anilines is 1. The minimum Gasteiger partial charge on any atom is -0.366 e. The fourth-order valence-corrected chi connectivity index (χ4v) is 2.61. The third-order valence-electron chi connectivity index (χ3n) is 2.71. The average molecular weight is 235 g/mol. The Bertz CT molecular complexity index is 452. The number of rotatable bonds is 5. The van der Waals surface area contributed by atoms with E-state index >= 15 is 0 Å². The van der Waals surface area contributed by atoms with Crippen LogP contribution in [-0.4, -0.2) is 16.0 Å². The lowest BCUT2D eigenvalue weighted by Gasteiger charge is -2.16. The van der Waals surface area contributed by atoms with Crippen molar-refractivity contribution in [1.82, 2.24) is 9.97 Å². The number of thiophene rings is 1. The Labute approximate surface area is 99.9 Å². The topological polar surface area (TPSA) is 37.8 Å². The van der Waals surface area contributed by atoms with E-state index in [9.17, 15) is 0 Å². The Morgan fingerprint density at radius 2 is 2.25 bits per heavy atom. The maximum atomic E-state index is 4.34. The second-order valence-electron chi connectivity index (χ2n) is 3.90. The first kappa shape index (κ1) is 11.3. The number of nitrogens with zero attached hydrogens (tertiary/aromatic N) is 2. The smallest absolute Gasteiger partial charge is 0.147 e. The summed E-state index contributed by atoms with van der Waals surface area (Å²) in [7, 11) is 0. The fourth-order valence-electron chi connectivity index (χ4n) is 1.81. The van der Waals surface area contributed by atoms with Crippen LogP contribution in [0, 0.1) is 0 Å². The number of fused-ring (bicyclic) bond motifs is 1. The molecule has 2 aromatic rings. The molecule has 0 radical (unpaired) electrons. The number of nitrogens with one attached hydrogen (secondary N) is 1. The zero-order chi connectivity index (χ0) is 11.4. The van der Waals surface area contributed by atoms with Crippen molar-refractivity contribution in [3.8, 4) is 0 Å². The predicted molar refractivity (Wildman–Crippen MR) is 70.0 cm³/mol. The third-order valence-corrected chi connectivity index (χ3v) is 3.62. The molecule has 1 unspecified atom stereocenters. The standard InChI is InChI=1S/C12H17N3S/c1-3-5-9(4-2)15-12-11-10(6-7-16-11)13-8-14-12/h6-9H,3-5H2,1-2H3,(H,13,14,15). The first-order valence-corrected chi connectivity index (χ1v) is 6.67. The number of hydrogen-bond donors (Lipinski definition) is 1. The first-order valence-electron chi connectivity index (χ1n) is 5.79. The quantitative estimate of drug-likeness (QED) is 0.859. The van der Waals surface area contributed by atoms with Gasteiger partial charge in [-0.2, -0.15) is 0 Å². The van der Waals surface area contributed by atoms with Gasteiger partial charge in [-0.3, -0.25) is 0 Å². The molecule has 2 aromatic heterocycles. The van der Waals surface area contributed by atoms with Crippen LogP contribution in [0.15, 0.2) is 17.8 Å². The van der Waals surface area contributed by atoms with Gasteiger partial charge in [0.2, 0.25) is 0 Å². The van der Waals surface area contributed by atoms with Gasteiger partial charge in [-0.15, -0.1) is 11.3 Å². The molecule has 2 heterocycles. The molecule has 0 spiro atoms. The van der Waals surface area contributed by atoms with Gasteiger partial charge in [0.25, 0.3) is 0 Å². The van der Waals surface area contributed by atoms with Gasteiger partial charge in [-0.05, 0) is 24.3 Å². The molecular weight excluding hydrogens is 218 g/mol. The van der Waals surface area contributed by atoms with Gasteiger partial charge in [0, 0.05) is 6.04 Å². The highest BCUT2D eigenvalue weighted by molar-refractivity contribution is 7.17. The summed E-state index contributed by atoms with van der Waals surface area (Å²) in [5.41, 5.74) is 1.04. The summed E-state index contributed by atoms with van der Waals surface area (Å²) in [4.78, 5) is 8.58. The molecule has 2 rings (SSSR count). The van der Waals surface area contributed by atoms with Crippen molar-refractivity contribution in [2.75, 3.05) is 5.32 Å². The number of aromatic nitrogens is 2. The van der Waals surface area contributed by atoms with Gasteiger partial charge in [0.1, 0.15) is 12.1 Å². The molecule has 1 atom stereocenters. The molecule has 0 aliphatic heterocycles. The zero-order valence-electron chi connectivity index (χ0n) is 9.73. The molecule has 0 saturated heterocycles. The van der Waals surface area contributed by atoms with E-state index in [1.807, 2.05) is 6.07 Å². The summed E-state index contributed by atoms with van der Waals surface area (Å²) in [5.74, 6) is 0.986. The maximum Gasteiger partial charge on any atom is 0.147 e. The van der Waals surface area contributed by atoms with E-state index in [4.69, 9.17) is 0 Å². The van der Waals surface area contributed by atoms with Crippen LogP contribution in [0.4, 0.5) is 5.82 Å². The van der Waals surface area contributed by atoms with Crippen molar-refractivity contribution >= 4 is 27.4 Å². The summed E-state index contributed by atoms with van der Waals surface area (Å²) >= 11 is 1.70. The van der Waals surface area contributed by atoms with E-state index in [2.05, 4.69) is 34.5 Å². The molecule has 3 nitrogen and oxygen atoms in total.